The highest BCUT2D eigenvalue weighted by Crippen LogP contribution is 2.26. The van der Waals surface area contributed by atoms with Crippen molar-refractivity contribution in [3.8, 4) is 11.5 Å². The topological polar surface area (TPSA) is 84.9 Å². The number of hydrogen-bond donors (Lipinski definition) is 2. The average Bonchev–Trinajstić information content (AvgIpc) is 2.44. The van der Waals surface area contributed by atoms with Gasteiger partial charge in [0.1, 0.15) is 0 Å². The Morgan fingerprint density at radius 1 is 1.40 bits per heavy atom. The lowest BCUT2D eigenvalue weighted by Gasteiger charge is -2.04. The number of aromatic hydroxyl groups is 1. The van der Waals surface area contributed by atoms with Gasteiger partial charge in [0.25, 0.3) is 5.91 Å². The molecule has 108 valence electrons. The summed E-state index contributed by atoms with van der Waals surface area (Å²) in [6, 6.07) is 4.65. The molecule has 0 fully saturated rings. The number of rotatable bonds is 6. The van der Waals surface area contributed by atoms with Gasteiger partial charge in [0.15, 0.2) is 18.1 Å². The van der Waals surface area contributed by atoms with Crippen LogP contribution in [-0.4, -0.2) is 37.2 Å². The number of phenolic OH excluding ortho intramolecular Hbond substituents is 1. The van der Waals surface area contributed by atoms with E-state index in [1.54, 1.807) is 19.1 Å². The van der Waals surface area contributed by atoms with Crippen LogP contribution in [0.2, 0.25) is 0 Å². The first-order valence-electron chi connectivity index (χ1n) is 6.05. The third kappa shape index (κ3) is 5.01. The van der Waals surface area contributed by atoms with E-state index in [0.717, 1.165) is 0 Å². The average molecular weight is 279 g/mol. The van der Waals surface area contributed by atoms with Crippen LogP contribution in [-0.2, 0) is 14.3 Å². The molecular weight excluding hydrogens is 262 g/mol. The summed E-state index contributed by atoms with van der Waals surface area (Å²) >= 11 is 0. The minimum absolute atomic E-state index is 0.0171. The number of amides is 1. The van der Waals surface area contributed by atoms with Crippen LogP contribution in [0.4, 0.5) is 0 Å². The summed E-state index contributed by atoms with van der Waals surface area (Å²) in [7, 11) is 1.43. The highest BCUT2D eigenvalue weighted by Gasteiger charge is 2.04. The fraction of sp³-hybridized carbons (Fsp3) is 0.286. The van der Waals surface area contributed by atoms with Gasteiger partial charge in [0.2, 0.25) is 0 Å². The standard InChI is InChI=1S/C14H17NO5/c1-3-15-13(17)9-20-14(18)7-5-10-4-6-11(16)12(8-10)19-2/h4-8,16H,3,9H2,1-2H3,(H,15,17)/b7-5+. The summed E-state index contributed by atoms with van der Waals surface area (Å²) in [6.45, 7) is 1.95. The summed E-state index contributed by atoms with van der Waals surface area (Å²) in [5.41, 5.74) is 0.662. The smallest absolute Gasteiger partial charge is 0.331 e. The van der Waals surface area contributed by atoms with E-state index in [4.69, 9.17) is 9.47 Å². The highest BCUT2D eigenvalue weighted by atomic mass is 16.5. The molecule has 0 aliphatic heterocycles. The molecule has 1 amide bonds. The van der Waals surface area contributed by atoms with Gasteiger partial charge < -0.3 is 19.9 Å². The number of ether oxygens (including phenoxy) is 2. The van der Waals surface area contributed by atoms with E-state index in [0.29, 0.717) is 17.9 Å². The molecule has 1 aromatic rings. The highest BCUT2D eigenvalue weighted by molar-refractivity contribution is 5.89. The van der Waals surface area contributed by atoms with Crippen LogP contribution in [0.25, 0.3) is 6.08 Å². The molecular formula is C14H17NO5. The number of phenols is 1. The molecule has 0 aromatic heterocycles. The molecule has 1 rings (SSSR count). The molecule has 0 heterocycles. The number of likely N-dealkylation sites (N-methyl/N-ethyl adjacent to an activating group) is 1. The van der Waals surface area contributed by atoms with Crippen LogP contribution in [0.1, 0.15) is 12.5 Å². The predicted octanol–water partition coefficient (Wildman–Crippen LogP) is 1.09. The Morgan fingerprint density at radius 3 is 2.80 bits per heavy atom. The van der Waals surface area contributed by atoms with E-state index in [1.807, 2.05) is 0 Å². The second-order valence-corrected chi connectivity index (χ2v) is 3.83. The zero-order valence-electron chi connectivity index (χ0n) is 11.4. The van der Waals surface area contributed by atoms with Crippen molar-refractivity contribution in [3.05, 3.63) is 29.8 Å². The van der Waals surface area contributed by atoms with Crippen molar-refractivity contribution >= 4 is 18.0 Å². The number of nitrogens with one attached hydrogen (secondary N) is 1. The molecule has 0 bridgehead atoms. The van der Waals surface area contributed by atoms with Gasteiger partial charge >= 0.3 is 5.97 Å². The van der Waals surface area contributed by atoms with Gasteiger partial charge in [-0.2, -0.15) is 0 Å². The van der Waals surface area contributed by atoms with Gasteiger partial charge in [-0.15, -0.1) is 0 Å². The van der Waals surface area contributed by atoms with E-state index >= 15 is 0 Å². The maximum absolute atomic E-state index is 11.4. The van der Waals surface area contributed by atoms with Crippen LogP contribution >= 0.6 is 0 Å². The molecule has 2 N–H and O–H groups in total. The normalized spacial score (nSPS) is 10.3. The molecule has 0 radical (unpaired) electrons. The largest absolute Gasteiger partial charge is 0.504 e. The number of carbonyl (C=O) groups is 2. The Labute approximate surface area is 117 Å². The van der Waals surface area contributed by atoms with Crippen LogP contribution in [0.5, 0.6) is 11.5 Å². The molecule has 0 unspecified atom stereocenters. The van der Waals surface area contributed by atoms with Gasteiger partial charge in [-0.25, -0.2) is 4.79 Å². The summed E-state index contributed by atoms with van der Waals surface area (Å²) in [6.07, 6.45) is 2.70. The van der Waals surface area contributed by atoms with Gasteiger partial charge in [-0.05, 0) is 30.7 Å². The Hall–Kier alpha value is -2.50. The SMILES string of the molecule is CCNC(=O)COC(=O)/C=C/c1ccc(O)c(OC)c1. The first-order chi connectivity index (χ1) is 9.56. The van der Waals surface area contributed by atoms with Gasteiger partial charge in [0, 0.05) is 12.6 Å². The molecule has 0 atom stereocenters. The Morgan fingerprint density at radius 2 is 2.15 bits per heavy atom. The molecule has 0 saturated heterocycles. The molecule has 0 aliphatic rings. The van der Waals surface area contributed by atoms with Crippen molar-refractivity contribution in [2.75, 3.05) is 20.3 Å². The van der Waals surface area contributed by atoms with Crippen molar-refractivity contribution < 1.29 is 24.2 Å². The summed E-state index contributed by atoms with van der Waals surface area (Å²) < 4.78 is 9.69. The summed E-state index contributed by atoms with van der Waals surface area (Å²) in [4.78, 5) is 22.5. The maximum Gasteiger partial charge on any atom is 0.331 e. The van der Waals surface area contributed by atoms with Crippen LogP contribution in [0.3, 0.4) is 0 Å². The minimum Gasteiger partial charge on any atom is -0.504 e. The third-order valence-electron chi connectivity index (χ3n) is 2.34. The van der Waals surface area contributed by atoms with E-state index in [1.165, 1.54) is 25.3 Å². The number of esters is 1. The molecule has 6 heteroatoms. The summed E-state index contributed by atoms with van der Waals surface area (Å²) in [5, 5.41) is 11.9. The Kier molecular flexibility index (Phi) is 6.09. The van der Waals surface area contributed by atoms with Gasteiger partial charge in [0.05, 0.1) is 7.11 Å². The first kappa shape index (κ1) is 15.6. The van der Waals surface area contributed by atoms with Crippen molar-refractivity contribution in [2.45, 2.75) is 6.92 Å². The lowest BCUT2D eigenvalue weighted by atomic mass is 10.2. The van der Waals surface area contributed by atoms with E-state index in [-0.39, 0.29) is 18.3 Å². The molecule has 20 heavy (non-hydrogen) atoms. The number of hydrogen-bond acceptors (Lipinski definition) is 5. The lowest BCUT2D eigenvalue weighted by molar-refractivity contribution is -0.143. The van der Waals surface area contributed by atoms with Crippen LogP contribution < -0.4 is 10.1 Å². The quantitative estimate of drug-likeness (QED) is 0.601. The maximum atomic E-state index is 11.4. The monoisotopic (exact) mass is 279 g/mol. The van der Waals surface area contributed by atoms with Crippen molar-refractivity contribution in [3.63, 3.8) is 0 Å². The van der Waals surface area contributed by atoms with Crippen LogP contribution in [0, 0.1) is 0 Å². The van der Waals surface area contributed by atoms with Crippen LogP contribution in [0.15, 0.2) is 24.3 Å². The predicted molar refractivity (Wildman–Crippen MR) is 73.3 cm³/mol. The van der Waals surface area contributed by atoms with Crippen molar-refractivity contribution in [1.29, 1.82) is 0 Å². The van der Waals surface area contributed by atoms with E-state index in [9.17, 15) is 14.7 Å². The minimum atomic E-state index is -0.622. The first-order valence-corrected chi connectivity index (χ1v) is 6.05. The lowest BCUT2D eigenvalue weighted by Crippen LogP contribution is -2.28. The van der Waals surface area contributed by atoms with E-state index in [2.05, 4.69) is 5.32 Å². The fourth-order valence-corrected chi connectivity index (χ4v) is 1.40. The Bertz CT molecular complexity index is 510. The zero-order chi connectivity index (χ0) is 15.0. The Balaban J connectivity index is 2.55. The summed E-state index contributed by atoms with van der Waals surface area (Å²) in [5.74, 6) is -0.643. The second-order valence-electron chi connectivity index (χ2n) is 3.83. The molecule has 0 spiro atoms. The molecule has 6 nitrogen and oxygen atoms in total. The number of methoxy groups -OCH3 is 1. The van der Waals surface area contributed by atoms with Gasteiger partial charge in [-0.3, -0.25) is 4.79 Å². The third-order valence-corrected chi connectivity index (χ3v) is 2.34. The van der Waals surface area contributed by atoms with E-state index < -0.39 is 5.97 Å². The zero-order valence-corrected chi connectivity index (χ0v) is 11.4. The molecule has 0 aliphatic carbocycles. The van der Waals surface area contributed by atoms with Crippen molar-refractivity contribution in [2.24, 2.45) is 0 Å². The van der Waals surface area contributed by atoms with Crippen molar-refractivity contribution in [1.82, 2.24) is 5.32 Å². The van der Waals surface area contributed by atoms with Gasteiger partial charge in [-0.1, -0.05) is 6.07 Å². The molecule has 1 aromatic carbocycles. The second kappa shape index (κ2) is 7.83. The molecule has 0 saturated carbocycles. The number of benzene rings is 1. The fourth-order valence-electron chi connectivity index (χ4n) is 1.40. The number of carbonyl (C=O) groups excluding carboxylic acids is 2.